The van der Waals surface area contributed by atoms with Crippen LogP contribution in [-0.4, -0.2) is 41.5 Å². The average Bonchev–Trinajstić information content (AvgIpc) is 2.92. The first-order chi connectivity index (χ1) is 10.1. The second-order valence-electron chi connectivity index (χ2n) is 6.00. The average molecular weight is 310 g/mol. The Morgan fingerprint density at radius 3 is 2.95 bits per heavy atom. The van der Waals surface area contributed by atoms with Crippen molar-refractivity contribution in [3.8, 4) is 0 Å². The highest BCUT2D eigenvalue weighted by molar-refractivity contribution is 6.17. The summed E-state index contributed by atoms with van der Waals surface area (Å²) in [4.78, 5) is 15.6. The molecule has 0 bridgehead atoms. The van der Waals surface area contributed by atoms with Crippen LogP contribution in [0.15, 0.2) is 18.2 Å². The third-order valence-electron chi connectivity index (χ3n) is 4.67. The fourth-order valence-electron chi connectivity index (χ4n) is 3.58. The largest absolute Gasteiger partial charge is 0.366 e. The van der Waals surface area contributed by atoms with Gasteiger partial charge in [0.2, 0.25) is 0 Å². The fraction of sp³-hybridized carbons (Fsp3) is 0.600. The molecule has 2 fully saturated rings. The van der Waals surface area contributed by atoms with Crippen LogP contribution < -0.4 is 4.90 Å². The molecule has 5 nitrogen and oxygen atoms in total. The van der Waals surface area contributed by atoms with E-state index in [9.17, 15) is 10.1 Å². The minimum absolute atomic E-state index is 0.112. The lowest BCUT2D eigenvalue weighted by atomic mass is 10.1. The lowest BCUT2D eigenvalue weighted by Gasteiger charge is -2.43. The predicted octanol–water partition coefficient (Wildman–Crippen LogP) is 3.01. The summed E-state index contributed by atoms with van der Waals surface area (Å²) < 4.78 is 0. The van der Waals surface area contributed by atoms with Crippen LogP contribution in [0.1, 0.15) is 25.3 Å². The molecule has 2 aliphatic rings. The standard InChI is InChI=1S/C15H20ClN3O2/c1-11-9-17-6-2-3-14(17)10-18(11)13-4-5-15(19(20)21)12(7-13)8-16/h4-5,7,11,14H,2-3,6,8-10H2,1H3. The molecule has 0 aliphatic carbocycles. The highest BCUT2D eigenvalue weighted by Crippen LogP contribution is 2.32. The minimum atomic E-state index is -0.361. The molecule has 3 rings (SSSR count). The Hall–Kier alpha value is -1.33. The lowest BCUT2D eigenvalue weighted by molar-refractivity contribution is -0.385. The van der Waals surface area contributed by atoms with Gasteiger partial charge in [0.1, 0.15) is 0 Å². The molecule has 0 spiro atoms. The van der Waals surface area contributed by atoms with Gasteiger partial charge in [0.25, 0.3) is 5.69 Å². The topological polar surface area (TPSA) is 49.6 Å². The van der Waals surface area contributed by atoms with E-state index in [2.05, 4.69) is 16.7 Å². The smallest absolute Gasteiger partial charge is 0.273 e. The maximum Gasteiger partial charge on any atom is 0.273 e. The molecule has 2 saturated heterocycles. The number of benzene rings is 1. The molecule has 21 heavy (non-hydrogen) atoms. The maximum absolute atomic E-state index is 11.0. The van der Waals surface area contributed by atoms with Crippen molar-refractivity contribution >= 4 is 23.0 Å². The van der Waals surface area contributed by atoms with E-state index in [4.69, 9.17) is 11.6 Å². The van der Waals surface area contributed by atoms with Crippen LogP contribution >= 0.6 is 11.6 Å². The Balaban J connectivity index is 1.87. The molecular weight excluding hydrogens is 290 g/mol. The highest BCUT2D eigenvalue weighted by Gasteiger charge is 2.34. The molecule has 0 aromatic heterocycles. The van der Waals surface area contributed by atoms with Crippen molar-refractivity contribution in [1.82, 2.24) is 4.90 Å². The van der Waals surface area contributed by atoms with Crippen LogP contribution in [0, 0.1) is 10.1 Å². The molecule has 2 aliphatic heterocycles. The number of nitro benzene ring substituents is 1. The summed E-state index contributed by atoms with van der Waals surface area (Å²) >= 11 is 5.88. The van der Waals surface area contributed by atoms with Gasteiger partial charge in [-0.05, 0) is 38.4 Å². The minimum Gasteiger partial charge on any atom is -0.366 e. The number of piperazine rings is 1. The van der Waals surface area contributed by atoms with Gasteiger partial charge < -0.3 is 4.90 Å². The van der Waals surface area contributed by atoms with Gasteiger partial charge in [0.05, 0.1) is 10.8 Å². The van der Waals surface area contributed by atoms with E-state index in [0.29, 0.717) is 17.6 Å². The molecule has 2 heterocycles. The number of alkyl halides is 1. The molecule has 2 atom stereocenters. The van der Waals surface area contributed by atoms with Crippen LogP contribution in [0.5, 0.6) is 0 Å². The Morgan fingerprint density at radius 2 is 2.24 bits per heavy atom. The molecule has 6 heteroatoms. The molecule has 114 valence electrons. The summed E-state index contributed by atoms with van der Waals surface area (Å²) in [6.07, 6.45) is 2.52. The third-order valence-corrected chi connectivity index (χ3v) is 4.96. The van der Waals surface area contributed by atoms with E-state index in [1.807, 2.05) is 12.1 Å². The van der Waals surface area contributed by atoms with Gasteiger partial charge in [-0.25, -0.2) is 0 Å². The quantitative estimate of drug-likeness (QED) is 0.489. The number of fused-ring (bicyclic) bond motifs is 1. The summed E-state index contributed by atoms with van der Waals surface area (Å²) in [6, 6.07) is 6.36. The number of nitro groups is 1. The van der Waals surface area contributed by atoms with Gasteiger partial charge in [-0.3, -0.25) is 15.0 Å². The van der Waals surface area contributed by atoms with E-state index < -0.39 is 0 Å². The summed E-state index contributed by atoms with van der Waals surface area (Å²) in [5.74, 6) is 0.169. The Morgan fingerprint density at radius 1 is 1.43 bits per heavy atom. The summed E-state index contributed by atoms with van der Waals surface area (Å²) in [7, 11) is 0. The summed E-state index contributed by atoms with van der Waals surface area (Å²) in [5.41, 5.74) is 1.76. The number of hydrogen-bond acceptors (Lipinski definition) is 4. The first kappa shape index (κ1) is 14.6. The van der Waals surface area contributed by atoms with Gasteiger partial charge in [0.15, 0.2) is 0 Å². The molecule has 1 aromatic rings. The van der Waals surface area contributed by atoms with Gasteiger partial charge in [-0.15, -0.1) is 11.6 Å². The van der Waals surface area contributed by atoms with Gasteiger partial charge in [0, 0.05) is 42.5 Å². The Labute approximate surface area is 129 Å². The van der Waals surface area contributed by atoms with Gasteiger partial charge in [-0.2, -0.15) is 0 Å². The summed E-state index contributed by atoms with van der Waals surface area (Å²) in [5, 5.41) is 11.0. The predicted molar refractivity (Wildman–Crippen MR) is 84.1 cm³/mol. The zero-order chi connectivity index (χ0) is 15.0. The van der Waals surface area contributed by atoms with E-state index in [0.717, 1.165) is 18.8 Å². The van der Waals surface area contributed by atoms with Crippen LogP contribution in [0.25, 0.3) is 0 Å². The molecule has 1 aromatic carbocycles. The van der Waals surface area contributed by atoms with Crippen molar-refractivity contribution in [2.24, 2.45) is 0 Å². The van der Waals surface area contributed by atoms with Gasteiger partial charge >= 0.3 is 0 Å². The Bertz CT molecular complexity index is 552. The zero-order valence-electron chi connectivity index (χ0n) is 12.2. The van der Waals surface area contributed by atoms with Crippen LogP contribution in [0.2, 0.25) is 0 Å². The lowest BCUT2D eigenvalue weighted by Crippen LogP contribution is -2.55. The van der Waals surface area contributed by atoms with Crippen molar-refractivity contribution in [2.75, 3.05) is 24.5 Å². The van der Waals surface area contributed by atoms with Crippen molar-refractivity contribution < 1.29 is 4.92 Å². The first-order valence-corrected chi connectivity index (χ1v) is 7.97. The molecule has 2 unspecified atom stereocenters. The maximum atomic E-state index is 11.0. The molecule has 0 radical (unpaired) electrons. The number of hydrogen-bond donors (Lipinski definition) is 0. The molecular formula is C15H20ClN3O2. The second-order valence-corrected chi connectivity index (χ2v) is 6.26. The normalized spacial score (nSPS) is 25.9. The fourth-order valence-corrected chi connectivity index (χ4v) is 3.80. The third kappa shape index (κ3) is 2.72. The van der Waals surface area contributed by atoms with E-state index in [-0.39, 0.29) is 16.5 Å². The van der Waals surface area contributed by atoms with Crippen molar-refractivity contribution in [3.63, 3.8) is 0 Å². The highest BCUT2D eigenvalue weighted by atomic mass is 35.5. The van der Waals surface area contributed by atoms with Crippen molar-refractivity contribution in [3.05, 3.63) is 33.9 Å². The summed E-state index contributed by atoms with van der Waals surface area (Å²) in [6.45, 7) is 5.49. The number of anilines is 1. The number of nitrogens with zero attached hydrogens (tertiary/aromatic N) is 3. The number of halogens is 1. The second kappa shape index (κ2) is 5.81. The number of rotatable bonds is 3. The molecule has 0 N–H and O–H groups in total. The van der Waals surface area contributed by atoms with Crippen molar-refractivity contribution in [2.45, 2.75) is 37.7 Å². The van der Waals surface area contributed by atoms with Crippen LogP contribution in [0.3, 0.4) is 0 Å². The SMILES string of the molecule is CC1CN2CCCC2CN1c1ccc([N+](=O)[O-])c(CCl)c1. The monoisotopic (exact) mass is 309 g/mol. The van der Waals surface area contributed by atoms with E-state index in [1.54, 1.807) is 6.07 Å². The molecule has 0 amide bonds. The van der Waals surface area contributed by atoms with Crippen LogP contribution in [-0.2, 0) is 5.88 Å². The van der Waals surface area contributed by atoms with Crippen molar-refractivity contribution in [1.29, 1.82) is 0 Å². The van der Waals surface area contributed by atoms with E-state index >= 15 is 0 Å². The van der Waals surface area contributed by atoms with E-state index in [1.165, 1.54) is 19.4 Å². The van der Waals surface area contributed by atoms with Crippen LogP contribution in [0.4, 0.5) is 11.4 Å². The first-order valence-electron chi connectivity index (χ1n) is 7.44. The zero-order valence-corrected chi connectivity index (χ0v) is 12.9. The Kier molecular flexibility index (Phi) is 4.04. The van der Waals surface area contributed by atoms with Gasteiger partial charge in [-0.1, -0.05) is 0 Å². The molecule has 0 saturated carbocycles.